The molecule has 0 spiro atoms. The lowest BCUT2D eigenvalue weighted by Gasteiger charge is -2.39. The van der Waals surface area contributed by atoms with Gasteiger partial charge >= 0.3 is 6.03 Å². The lowest BCUT2D eigenvalue weighted by molar-refractivity contribution is 0.107. The zero-order valence-corrected chi connectivity index (χ0v) is 12.8. The zero-order chi connectivity index (χ0) is 15.1. The maximum Gasteiger partial charge on any atom is 0.321 e. The summed E-state index contributed by atoms with van der Waals surface area (Å²) in [6.45, 7) is 6.35. The van der Waals surface area contributed by atoms with Crippen LogP contribution in [0.5, 0.6) is 0 Å². The standard InChI is InChI=1S/C16H26N4O/c1-2-15(8-9-17)19-10-12-20(13-11-19)16(21)18-14-6-4-3-5-7-14/h3-7,15H,2,8-13,17H2,1H3,(H,18,21). The average molecular weight is 290 g/mol. The summed E-state index contributed by atoms with van der Waals surface area (Å²) in [7, 11) is 0. The second-order valence-corrected chi connectivity index (χ2v) is 5.46. The molecule has 1 aromatic carbocycles. The van der Waals surface area contributed by atoms with Crippen molar-refractivity contribution >= 4 is 11.7 Å². The van der Waals surface area contributed by atoms with E-state index in [1.54, 1.807) is 0 Å². The molecule has 3 N–H and O–H groups in total. The summed E-state index contributed by atoms with van der Waals surface area (Å²) < 4.78 is 0. The molecule has 21 heavy (non-hydrogen) atoms. The predicted octanol–water partition coefficient (Wildman–Crippen LogP) is 1.96. The van der Waals surface area contributed by atoms with Crippen molar-refractivity contribution in [1.29, 1.82) is 0 Å². The Balaban J connectivity index is 1.82. The van der Waals surface area contributed by atoms with Crippen LogP contribution in [0.1, 0.15) is 19.8 Å². The van der Waals surface area contributed by atoms with Crippen LogP contribution in [0.2, 0.25) is 0 Å². The van der Waals surface area contributed by atoms with Crippen LogP contribution >= 0.6 is 0 Å². The second-order valence-electron chi connectivity index (χ2n) is 5.46. The first-order chi connectivity index (χ1) is 10.2. The minimum absolute atomic E-state index is 0.00674. The Labute approximate surface area is 127 Å². The maximum atomic E-state index is 12.2. The molecule has 1 saturated heterocycles. The number of nitrogens with one attached hydrogen (secondary N) is 1. The third kappa shape index (κ3) is 4.44. The van der Waals surface area contributed by atoms with Crippen LogP contribution in [0.4, 0.5) is 10.5 Å². The van der Waals surface area contributed by atoms with E-state index in [-0.39, 0.29) is 6.03 Å². The van der Waals surface area contributed by atoms with E-state index in [9.17, 15) is 4.79 Å². The number of para-hydroxylation sites is 1. The highest BCUT2D eigenvalue weighted by Crippen LogP contribution is 2.13. The van der Waals surface area contributed by atoms with Crippen molar-refractivity contribution < 1.29 is 4.79 Å². The fourth-order valence-corrected chi connectivity index (χ4v) is 2.85. The number of amides is 2. The number of hydrogen-bond acceptors (Lipinski definition) is 3. The van der Waals surface area contributed by atoms with Crippen molar-refractivity contribution in [2.45, 2.75) is 25.8 Å². The fraction of sp³-hybridized carbons (Fsp3) is 0.562. The van der Waals surface area contributed by atoms with Gasteiger partial charge in [-0.05, 0) is 31.5 Å². The van der Waals surface area contributed by atoms with Gasteiger partial charge in [0.05, 0.1) is 0 Å². The van der Waals surface area contributed by atoms with Crippen LogP contribution in [0.25, 0.3) is 0 Å². The van der Waals surface area contributed by atoms with Crippen LogP contribution in [-0.2, 0) is 0 Å². The van der Waals surface area contributed by atoms with E-state index in [1.807, 2.05) is 35.2 Å². The Kier molecular flexibility index (Phi) is 6.02. The molecule has 1 aliphatic heterocycles. The number of carbonyl (C=O) groups is 1. The summed E-state index contributed by atoms with van der Waals surface area (Å²) in [5.41, 5.74) is 6.52. The Morgan fingerprint density at radius 2 is 1.90 bits per heavy atom. The topological polar surface area (TPSA) is 61.6 Å². The molecule has 5 nitrogen and oxygen atoms in total. The summed E-state index contributed by atoms with van der Waals surface area (Å²) in [6.07, 6.45) is 2.15. The van der Waals surface area contributed by atoms with E-state index < -0.39 is 0 Å². The molecule has 0 bridgehead atoms. The molecule has 2 amide bonds. The van der Waals surface area contributed by atoms with Gasteiger partial charge in [0.15, 0.2) is 0 Å². The molecular formula is C16H26N4O. The van der Waals surface area contributed by atoms with Crippen LogP contribution < -0.4 is 11.1 Å². The quantitative estimate of drug-likeness (QED) is 0.871. The second kappa shape index (κ2) is 8.00. The Morgan fingerprint density at radius 1 is 1.24 bits per heavy atom. The van der Waals surface area contributed by atoms with Gasteiger partial charge in [-0.15, -0.1) is 0 Å². The first kappa shape index (κ1) is 15.8. The minimum Gasteiger partial charge on any atom is -0.330 e. The Morgan fingerprint density at radius 3 is 2.48 bits per heavy atom. The van der Waals surface area contributed by atoms with E-state index in [0.29, 0.717) is 6.04 Å². The molecule has 2 rings (SSSR count). The van der Waals surface area contributed by atoms with Crippen molar-refractivity contribution in [2.24, 2.45) is 5.73 Å². The smallest absolute Gasteiger partial charge is 0.321 e. The van der Waals surface area contributed by atoms with E-state index in [2.05, 4.69) is 17.1 Å². The van der Waals surface area contributed by atoms with Gasteiger partial charge in [-0.25, -0.2) is 4.79 Å². The monoisotopic (exact) mass is 290 g/mol. The zero-order valence-electron chi connectivity index (χ0n) is 12.8. The van der Waals surface area contributed by atoms with Crippen LogP contribution in [0.15, 0.2) is 30.3 Å². The van der Waals surface area contributed by atoms with Gasteiger partial charge in [-0.2, -0.15) is 0 Å². The largest absolute Gasteiger partial charge is 0.330 e. The SMILES string of the molecule is CCC(CCN)N1CCN(C(=O)Nc2ccccc2)CC1. The van der Waals surface area contributed by atoms with E-state index in [1.165, 1.54) is 0 Å². The molecule has 1 unspecified atom stereocenters. The number of anilines is 1. The van der Waals surface area contributed by atoms with Crippen molar-refractivity contribution in [1.82, 2.24) is 9.80 Å². The highest BCUT2D eigenvalue weighted by atomic mass is 16.2. The average Bonchev–Trinajstić information content (AvgIpc) is 2.54. The van der Waals surface area contributed by atoms with Crippen LogP contribution in [0, 0.1) is 0 Å². The molecule has 0 aromatic heterocycles. The first-order valence-corrected chi connectivity index (χ1v) is 7.79. The molecule has 1 fully saturated rings. The van der Waals surface area contributed by atoms with E-state index in [0.717, 1.165) is 51.3 Å². The van der Waals surface area contributed by atoms with Gasteiger partial charge in [0.1, 0.15) is 0 Å². The molecule has 1 aliphatic rings. The molecule has 1 aromatic rings. The lowest BCUT2D eigenvalue weighted by atomic mass is 10.1. The minimum atomic E-state index is -0.00674. The van der Waals surface area contributed by atoms with Crippen molar-refractivity contribution in [3.05, 3.63) is 30.3 Å². The fourth-order valence-electron chi connectivity index (χ4n) is 2.85. The molecule has 0 saturated carbocycles. The van der Waals surface area contributed by atoms with Crippen LogP contribution in [-0.4, -0.2) is 54.6 Å². The highest BCUT2D eigenvalue weighted by Gasteiger charge is 2.24. The predicted molar refractivity (Wildman–Crippen MR) is 86.4 cm³/mol. The molecular weight excluding hydrogens is 264 g/mol. The molecule has 0 aliphatic carbocycles. The lowest BCUT2D eigenvalue weighted by Crippen LogP contribution is -2.53. The number of hydrogen-bond donors (Lipinski definition) is 2. The summed E-state index contributed by atoms with van der Waals surface area (Å²) in [6, 6.07) is 10.1. The Bertz CT molecular complexity index is 429. The number of rotatable bonds is 5. The third-order valence-electron chi connectivity index (χ3n) is 4.11. The first-order valence-electron chi connectivity index (χ1n) is 7.79. The van der Waals surface area contributed by atoms with Crippen molar-refractivity contribution in [2.75, 3.05) is 38.0 Å². The van der Waals surface area contributed by atoms with Crippen molar-refractivity contribution in [3.63, 3.8) is 0 Å². The number of nitrogens with two attached hydrogens (primary N) is 1. The normalized spacial score (nSPS) is 17.5. The molecule has 116 valence electrons. The molecule has 1 atom stereocenters. The van der Waals surface area contributed by atoms with Crippen LogP contribution in [0.3, 0.4) is 0 Å². The summed E-state index contributed by atoms with van der Waals surface area (Å²) in [5.74, 6) is 0. The number of carbonyl (C=O) groups excluding carboxylic acids is 1. The van der Waals surface area contributed by atoms with Gasteiger partial charge < -0.3 is 16.0 Å². The maximum absolute atomic E-state index is 12.2. The van der Waals surface area contributed by atoms with Gasteiger partial charge in [-0.1, -0.05) is 25.1 Å². The van der Waals surface area contributed by atoms with E-state index in [4.69, 9.17) is 5.73 Å². The molecule has 5 heteroatoms. The summed E-state index contributed by atoms with van der Waals surface area (Å²) in [4.78, 5) is 16.6. The number of benzene rings is 1. The number of urea groups is 1. The van der Waals surface area contributed by atoms with Gasteiger partial charge in [-0.3, -0.25) is 4.90 Å². The molecule has 1 heterocycles. The van der Waals surface area contributed by atoms with Gasteiger partial charge in [0.2, 0.25) is 0 Å². The van der Waals surface area contributed by atoms with Gasteiger partial charge in [0.25, 0.3) is 0 Å². The van der Waals surface area contributed by atoms with E-state index >= 15 is 0 Å². The Hall–Kier alpha value is -1.59. The summed E-state index contributed by atoms with van der Waals surface area (Å²) >= 11 is 0. The summed E-state index contributed by atoms with van der Waals surface area (Å²) in [5, 5.41) is 2.94. The highest BCUT2D eigenvalue weighted by molar-refractivity contribution is 5.89. The number of piperazine rings is 1. The molecule has 0 radical (unpaired) electrons. The van der Waals surface area contributed by atoms with Gasteiger partial charge in [0, 0.05) is 37.9 Å². The number of nitrogens with zero attached hydrogens (tertiary/aromatic N) is 2. The third-order valence-corrected chi connectivity index (χ3v) is 4.11. The van der Waals surface area contributed by atoms with Crippen molar-refractivity contribution in [3.8, 4) is 0 Å².